The van der Waals surface area contributed by atoms with Gasteiger partial charge in [0.15, 0.2) is 0 Å². The highest BCUT2D eigenvalue weighted by Crippen LogP contribution is 2.36. The maximum Gasteiger partial charge on any atom is 0.270 e. The van der Waals surface area contributed by atoms with Crippen LogP contribution in [0, 0.1) is 5.92 Å². The fourth-order valence-corrected chi connectivity index (χ4v) is 3.96. The van der Waals surface area contributed by atoms with Crippen LogP contribution in [0.3, 0.4) is 0 Å². The van der Waals surface area contributed by atoms with Gasteiger partial charge in [0.2, 0.25) is 5.91 Å². The molecule has 24 heavy (non-hydrogen) atoms. The van der Waals surface area contributed by atoms with Gasteiger partial charge in [-0.2, -0.15) is 0 Å². The smallest absolute Gasteiger partial charge is 0.270 e. The molecule has 0 radical (unpaired) electrons. The van der Waals surface area contributed by atoms with Crippen molar-refractivity contribution in [2.45, 2.75) is 45.3 Å². The Kier molecular flexibility index (Phi) is 4.42. The lowest BCUT2D eigenvalue weighted by molar-refractivity contribution is -0.143. The van der Waals surface area contributed by atoms with E-state index in [-0.39, 0.29) is 23.8 Å². The summed E-state index contributed by atoms with van der Waals surface area (Å²) in [6.45, 7) is 7.87. The molecule has 2 saturated heterocycles. The molecule has 3 heterocycles. The van der Waals surface area contributed by atoms with Gasteiger partial charge in [-0.05, 0) is 38.8 Å². The fourth-order valence-electron chi connectivity index (χ4n) is 3.96. The number of aromatic nitrogens is 1. The molecule has 132 valence electrons. The number of piperidine rings is 2. The molecule has 2 aliphatic heterocycles. The number of likely N-dealkylation sites (tertiary alicyclic amines) is 2. The lowest BCUT2D eigenvalue weighted by atomic mass is 9.75. The highest BCUT2D eigenvalue weighted by molar-refractivity contribution is 5.93. The number of amides is 2. The summed E-state index contributed by atoms with van der Waals surface area (Å²) in [6, 6.07) is 3.97. The first-order valence-corrected chi connectivity index (χ1v) is 8.76. The fraction of sp³-hybridized carbons (Fsp3) is 0.667. The quantitative estimate of drug-likeness (QED) is 0.892. The minimum atomic E-state index is -0.747. The molecular weight excluding hydrogens is 306 g/mol. The van der Waals surface area contributed by atoms with Gasteiger partial charge in [0, 0.05) is 51.3 Å². The number of carbonyl (C=O) groups excluding carboxylic acids is 2. The highest BCUT2D eigenvalue weighted by atomic mass is 16.3. The number of aliphatic hydroxyl groups is 1. The van der Waals surface area contributed by atoms with E-state index < -0.39 is 5.60 Å². The largest absolute Gasteiger partial charge is 0.389 e. The molecular formula is C18H27N3O3. The zero-order valence-corrected chi connectivity index (χ0v) is 14.7. The second-order valence-electron chi connectivity index (χ2n) is 7.41. The van der Waals surface area contributed by atoms with Crippen molar-refractivity contribution < 1.29 is 14.7 Å². The molecule has 0 aromatic carbocycles. The summed E-state index contributed by atoms with van der Waals surface area (Å²) in [4.78, 5) is 28.2. The average molecular weight is 333 g/mol. The standard InChI is InChI=1S/C18H27N3O3/c1-13(2)21-8-4-5-16(21)17(23)20-10-7-18(24)6-9-19(14(3)22)11-15(18)12-20/h4-5,8,13,15,24H,6-7,9-12H2,1-3H3/t15-,18-/m0/s1. The summed E-state index contributed by atoms with van der Waals surface area (Å²) in [5, 5.41) is 10.9. The van der Waals surface area contributed by atoms with Crippen molar-refractivity contribution in [3.05, 3.63) is 24.0 Å². The summed E-state index contributed by atoms with van der Waals surface area (Å²) >= 11 is 0. The van der Waals surface area contributed by atoms with Gasteiger partial charge in [0.1, 0.15) is 5.69 Å². The van der Waals surface area contributed by atoms with Gasteiger partial charge in [-0.1, -0.05) is 0 Å². The molecule has 0 bridgehead atoms. The van der Waals surface area contributed by atoms with Crippen molar-refractivity contribution >= 4 is 11.8 Å². The summed E-state index contributed by atoms with van der Waals surface area (Å²) < 4.78 is 1.98. The predicted molar refractivity (Wildman–Crippen MR) is 90.6 cm³/mol. The van der Waals surface area contributed by atoms with Crippen LogP contribution in [0.25, 0.3) is 0 Å². The number of nitrogens with zero attached hydrogens (tertiary/aromatic N) is 3. The number of hydrogen-bond acceptors (Lipinski definition) is 3. The molecule has 2 amide bonds. The molecule has 1 aromatic heterocycles. The van der Waals surface area contributed by atoms with Crippen LogP contribution in [-0.4, -0.2) is 63.1 Å². The summed E-state index contributed by atoms with van der Waals surface area (Å²) in [7, 11) is 0. The number of carbonyl (C=O) groups is 2. The average Bonchev–Trinajstić information content (AvgIpc) is 3.02. The minimum Gasteiger partial charge on any atom is -0.389 e. The SMILES string of the molecule is CC(=O)N1CC[C@]2(O)CCN(C(=O)c3cccn3C(C)C)C[C@@H]2C1. The van der Waals surface area contributed by atoms with Crippen molar-refractivity contribution in [1.82, 2.24) is 14.4 Å². The van der Waals surface area contributed by atoms with Gasteiger partial charge in [-0.25, -0.2) is 0 Å². The third-order valence-corrected chi connectivity index (χ3v) is 5.56. The molecule has 6 nitrogen and oxygen atoms in total. The van der Waals surface area contributed by atoms with Gasteiger partial charge >= 0.3 is 0 Å². The van der Waals surface area contributed by atoms with Crippen LogP contribution in [0.15, 0.2) is 18.3 Å². The van der Waals surface area contributed by atoms with E-state index in [0.29, 0.717) is 44.7 Å². The predicted octanol–water partition coefficient (Wildman–Crippen LogP) is 1.51. The van der Waals surface area contributed by atoms with Gasteiger partial charge in [-0.3, -0.25) is 9.59 Å². The molecule has 0 unspecified atom stereocenters. The second-order valence-corrected chi connectivity index (χ2v) is 7.41. The van der Waals surface area contributed by atoms with E-state index in [4.69, 9.17) is 0 Å². The minimum absolute atomic E-state index is 0.00991. The van der Waals surface area contributed by atoms with E-state index >= 15 is 0 Å². The summed E-state index contributed by atoms with van der Waals surface area (Å²) in [5.41, 5.74) is -0.0577. The lowest BCUT2D eigenvalue weighted by Gasteiger charge is -2.50. The molecule has 3 rings (SSSR count). The third-order valence-electron chi connectivity index (χ3n) is 5.56. The van der Waals surface area contributed by atoms with Gasteiger partial charge < -0.3 is 19.5 Å². The van der Waals surface area contributed by atoms with E-state index in [9.17, 15) is 14.7 Å². The Morgan fingerprint density at radius 3 is 2.46 bits per heavy atom. The number of fused-ring (bicyclic) bond motifs is 1. The van der Waals surface area contributed by atoms with Gasteiger partial charge in [-0.15, -0.1) is 0 Å². The van der Waals surface area contributed by atoms with Gasteiger partial charge in [0.25, 0.3) is 5.91 Å². The maximum atomic E-state index is 12.9. The maximum absolute atomic E-state index is 12.9. The van der Waals surface area contributed by atoms with E-state index in [0.717, 1.165) is 0 Å². The van der Waals surface area contributed by atoms with E-state index in [2.05, 4.69) is 13.8 Å². The Morgan fingerprint density at radius 2 is 1.83 bits per heavy atom. The van der Waals surface area contributed by atoms with Crippen LogP contribution in [-0.2, 0) is 4.79 Å². The monoisotopic (exact) mass is 333 g/mol. The topological polar surface area (TPSA) is 65.8 Å². The van der Waals surface area contributed by atoms with Crippen molar-refractivity contribution in [3.8, 4) is 0 Å². The zero-order valence-electron chi connectivity index (χ0n) is 14.7. The first-order chi connectivity index (χ1) is 11.3. The Balaban J connectivity index is 1.76. The Bertz CT molecular complexity index is 639. The van der Waals surface area contributed by atoms with E-state index in [1.54, 1.807) is 11.8 Å². The van der Waals surface area contributed by atoms with Crippen LogP contribution in [0.1, 0.15) is 50.1 Å². The van der Waals surface area contributed by atoms with Crippen LogP contribution in [0.2, 0.25) is 0 Å². The molecule has 0 saturated carbocycles. The van der Waals surface area contributed by atoms with E-state index in [1.807, 2.05) is 27.8 Å². The summed E-state index contributed by atoms with van der Waals surface area (Å²) in [6.07, 6.45) is 3.11. The molecule has 1 N–H and O–H groups in total. The Morgan fingerprint density at radius 1 is 1.21 bits per heavy atom. The zero-order chi connectivity index (χ0) is 17.5. The first kappa shape index (κ1) is 17.0. The summed E-state index contributed by atoms with van der Waals surface area (Å²) in [5.74, 6) is -0.0276. The molecule has 6 heteroatoms. The normalized spacial score (nSPS) is 27.3. The Labute approximate surface area is 143 Å². The molecule has 2 aliphatic rings. The number of rotatable bonds is 2. The van der Waals surface area contributed by atoms with Crippen molar-refractivity contribution in [3.63, 3.8) is 0 Å². The number of hydrogen-bond donors (Lipinski definition) is 1. The van der Waals surface area contributed by atoms with E-state index in [1.165, 1.54) is 0 Å². The molecule has 2 atom stereocenters. The molecule has 0 spiro atoms. The Hall–Kier alpha value is -1.82. The molecule has 1 aromatic rings. The lowest BCUT2D eigenvalue weighted by Crippen LogP contribution is -2.61. The van der Waals surface area contributed by atoms with Crippen molar-refractivity contribution in [1.29, 1.82) is 0 Å². The van der Waals surface area contributed by atoms with Crippen LogP contribution >= 0.6 is 0 Å². The highest BCUT2D eigenvalue weighted by Gasteiger charge is 2.46. The molecule has 0 aliphatic carbocycles. The first-order valence-electron chi connectivity index (χ1n) is 8.76. The third kappa shape index (κ3) is 2.95. The second kappa shape index (κ2) is 6.24. The van der Waals surface area contributed by atoms with Crippen LogP contribution in [0.5, 0.6) is 0 Å². The molecule has 2 fully saturated rings. The van der Waals surface area contributed by atoms with Gasteiger partial charge in [0.05, 0.1) is 5.60 Å². The van der Waals surface area contributed by atoms with Crippen LogP contribution in [0.4, 0.5) is 0 Å². The van der Waals surface area contributed by atoms with Crippen molar-refractivity contribution in [2.24, 2.45) is 5.92 Å². The van der Waals surface area contributed by atoms with Crippen LogP contribution < -0.4 is 0 Å². The van der Waals surface area contributed by atoms with Crippen molar-refractivity contribution in [2.75, 3.05) is 26.2 Å².